The first-order valence-electron chi connectivity index (χ1n) is 10.4. The SMILES string of the molecule is Cc1cccc(-c2noc(-c3nn(CC(=O)NC[C@H]4CCCO4)c4ccccc34)n2)c1. The summed E-state index contributed by atoms with van der Waals surface area (Å²) in [7, 11) is 0. The van der Waals surface area contributed by atoms with Crippen LogP contribution >= 0.6 is 0 Å². The molecule has 2 aromatic carbocycles. The zero-order chi connectivity index (χ0) is 21.2. The number of benzene rings is 2. The van der Waals surface area contributed by atoms with Gasteiger partial charge in [0.2, 0.25) is 11.7 Å². The molecule has 0 saturated carbocycles. The number of aromatic nitrogens is 4. The van der Waals surface area contributed by atoms with Gasteiger partial charge in [0.25, 0.3) is 5.89 Å². The minimum atomic E-state index is -0.110. The number of hydrogen-bond acceptors (Lipinski definition) is 6. The molecule has 1 fully saturated rings. The van der Waals surface area contributed by atoms with E-state index in [2.05, 4.69) is 20.6 Å². The van der Waals surface area contributed by atoms with Crippen molar-refractivity contribution < 1.29 is 14.1 Å². The fraction of sp³-hybridized carbons (Fsp3) is 0.304. The van der Waals surface area contributed by atoms with Crippen LogP contribution in [-0.2, 0) is 16.1 Å². The van der Waals surface area contributed by atoms with Crippen LogP contribution in [0.25, 0.3) is 33.9 Å². The van der Waals surface area contributed by atoms with Gasteiger partial charge < -0.3 is 14.6 Å². The summed E-state index contributed by atoms with van der Waals surface area (Å²) in [6.45, 7) is 3.41. The molecule has 0 aliphatic carbocycles. The summed E-state index contributed by atoms with van der Waals surface area (Å²) >= 11 is 0. The molecule has 1 saturated heterocycles. The van der Waals surface area contributed by atoms with E-state index in [9.17, 15) is 4.79 Å². The van der Waals surface area contributed by atoms with E-state index in [1.807, 2.05) is 55.5 Å². The van der Waals surface area contributed by atoms with Crippen LogP contribution in [0.3, 0.4) is 0 Å². The van der Waals surface area contributed by atoms with Gasteiger partial charge in [-0.25, -0.2) is 0 Å². The lowest BCUT2D eigenvalue weighted by molar-refractivity contribution is -0.122. The average molecular weight is 417 g/mol. The number of nitrogens with one attached hydrogen (secondary N) is 1. The third-order valence-corrected chi connectivity index (χ3v) is 5.41. The first-order valence-corrected chi connectivity index (χ1v) is 10.4. The number of hydrogen-bond donors (Lipinski definition) is 1. The van der Waals surface area contributed by atoms with Gasteiger partial charge in [-0.15, -0.1) is 0 Å². The second-order valence-corrected chi connectivity index (χ2v) is 7.76. The molecule has 3 heterocycles. The van der Waals surface area contributed by atoms with Crippen LogP contribution in [0.1, 0.15) is 18.4 Å². The molecule has 0 radical (unpaired) electrons. The molecule has 1 N–H and O–H groups in total. The molecule has 0 bridgehead atoms. The maximum atomic E-state index is 12.5. The molecule has 1 atom stereocenters. The third kappa shape index (κ3) is 4.06. The van der Waals surface area contributed by atoms with Crippen molar-refractivity contribution in [2.75, 3.05) is 13.2 Å². The maximum absolute atomic E-state index is 12.5. The fourth-order valence-electron chi connectivity index (χ4n) is 3.85. The Morgan fingerprint density at radius 3 is 2.97 bits per heavy atom. The van der Waals surface area contributed by atoms with Crippen LogP contribution in [0, 0.1) is 6.92 Å². The molecule has 5 rings (SSSR count). The van der Waals surface area contributed by atoms with Gasteiger partial charge in [0, 0.05) is 24.1 Å². The van der Waals surface area contributed by atoms with Crippen molar-refractivity contribution in [3.05, 3.63) is 54.1 Å². The smallest absolute Gasteiger partial charge is 0.279 e. The minimum absolute atomic E-state index is 0.103. The zero-order valence-corrected chi connectivity index (χ0v) is 17.2. The Hall–Kier alpha value is -3.52. The number of nitrogens with zero attached hydrogens (tertiary/aromatic N) is 4. The van der Waals surface area contributed by atoms with E-state index in [1.54, 1.807) is 4.68 Å². The van der Waals surface area contributed by atoms with Crippen molar-refractivity contribution in [1.82, 2.24) is 25.2 Å². The summed E-state index contributed by atoms with van der Waals surface area (Å²) in [6.07, 6.45) is 2.13. The van der Waals surface area contributed by atoms with E-state index in [-0.39, 0.29) is 18.6 Å². The molecular weight excluding hydrogens is 394 g/mol. The molecule has 4 aromatic rings. The van der Waals surface area contributed by atoms with Crippen molar-refractivity contribution >= 4 is 16.8 Å². The molecule has 1 aliphatic rings. The highest BCUT2D eigenvalue weighted by Crippen LogP contribution is 2.28. The van der Waals surface area contributed by atoms with Gasteiger partial charge in [-0.05, 0) is 31.9 Å². The Morgan fingerprint density at radius 1 is 1.23 bits per heavy atom. The fourth-order valence-corrected chi connectivity index (χ4v) is 3.85. The number of carbonyl (C=O) groups is 1. The quantitative estimate of drug-likeness (QED) is 0.517. The van der Waals surface area contributed by atoms with Crippen molar-refractivity contribution in [3.63, 3.8) is 0 Å². The number of fused-ring (bicyclic) bond motifs is 1. The monoisotopic (exact) mass is 417 g/mol. The summed E-state index contributed by atoms with van der Waals surface area (Å²) in [5, 5.41) is 12.6. The summed E-state index contributed by atoms with van der Waals surface area (Å²) in [6, 6.07) is 15.6. The normalized spacial score (nSPS) is 16.1. The Kier molecular flexibility index (Phi) is 5.21. The maximum Gasteiger partial charge on any atom is 0.279 e. The van der Waals surface area contributed by atoms with Gasteiger partial charge in [-0.1, -0.05) is 47.1 Å². The largest absolute Gasteiger partial charge is 0.376 e. The molecular formula is C23H23N5O3. The lowest BCUT2D eigenvalue weighted by atomic mass is 10.1. The number of ether oxygens (including phenoxy) is 1. The number of para-hydroxylation sites is 1. The third-order valence-electron chi connectivity index (χ3n) is 5.41. The van der Waals surface area contributed by atoms with Crippen LogP contribution in [-0.4, -0.2) is 45.1 Å². The van der Waals surface area contributed by atoms with Gasteiger partial charge in [0.15, 0.2) is 5.69 Å². The van der Waals surface area contributed by atoms with Gasteiger partial charge >= 0.3 is 0 Å². The second-order valence-electron chi connectivity index (χ2n) is 7.76. The van der Waals surface area contributed by atoms with Gasteiger partial charge in [0.1, 0.15) is 6.54 Å². The Bertz CT molecular complexity index is 1220. The predicted octanol–water partition coefficient (Wildman–Crippen LogP) is 3.36. The first kappa shape index (κ1) is 19.4. The highest BCUT2D eigenvalue weighted by molar-refractivity contribution is 5.92. The molecule has 1 amide bonds. The van der Waals surface area contributed by atoms with Crippen molar-refractivity contribution in [3.8, 4) is 23.0 Å². The van der Waals surface area contributed by atoms with E-state index >= 15 is 0 Å². The van der Waals surface area contributed by atoms with Crippen molar-refractivity contribution in [1.29, 1.82) is 0 Å². The number of amides is 1. The summed E-state index contributed by atoms with van der Waals surface area (Å²) < 4.78 is 12.8. The molecule has 8 heteroatoms. The molecule has 0 unspecified atom stereocenters. The van der Waals surface area contributed by atoms with E-state index in [4.69, 9.17) is 9.26 Å². The van der Waals surface area contributed by atoms with Gasteiger partial charge in [0.05, 0.1) is 11.6 Å². The van der Waals surface area contributed by atoms with Crippen LogP contribution in [0.15, 0.2) is 53.1 Å². The van der Waals surface area contributed by atoms with Crippen LogP contribution in [0.2, 0.25) is 0 Å². The number of aryl methyl sites for hydroxylation is 1. The molecule has 2 aromatic heterocycles. The lowest BCUT2D eigenvalue weighted by Crippen LogP contribution is -2.34. The van der Waals surface area contributed by atoms with Crippen LogP contribution in [0.5, 0.6) is 0 Å². The Morgan fingerprint density at radius 2 is 2.13 bits per heavy atom. The summed E-state index contributed by atoms with van der Waals surface area (Å²) in [4.78, 5) is 17.1. The second kappa shape index (κ2) is 8.31. The van der Waals surface area contributed by atoms with Gasteiger partial charge in [-0.2, -0.15) is 10.1 Å². The molecule has 1 aliphatic heterocycles. The number of carbonyl (C=O) groups excluding carboxylic acids is 1. The zero-order valence-electron chi connectivity index (χ0n) is 17.2. The highest BCUT2D eigenvalue weighted by Gasteiger charge is 2.21. The summed E-state index contributed by atoms with van der Waals surface area (Å²) in [5.41, 5.74) is 3.40. The van der Waals surface area contributed by atoms with E-state index in [0.29, 0.717) is 24.0 Å². The standard InChI is InChI=1S/C23H23N5O3/c1-15-6-4-7-16(12-15)22-25-23(31-27-22)21-18-9-2-3-10-19(18)28(26-21)14-20(29)24-13-17-8-5-11-30-17/h2-4,6-7,9-10,12,17H,5,8,11,13-14H2,1H3,(H,24,29)/t17-/m1/s1. The topological polar surface area (TPSA) is 95.1 Å². The van der Waals surface area contributed by atoms with E-state index in [1.165, 1.54) is 0 Å². The van der Waals surface area contributed by atoms with E-state index in [0.717, 1.165) is 41.5 Å². The van der Waals surface area contributed by atoms with Crippen LogP contribution in [0.4, 0.5) is 0 Å². The average Bonchev–Trinajstić information content (AvgIpc) is 3.53. The molecule has 8 nitrogen and oxygen atoms in total. The van der Waals surface area contributed by atoms with Crippen molar-refractivity contribution in [2.24, 2.45) is 0 Å². The Labute approximate surface area is 179 Å². The number of rotatable bonds is 6. The molecule has 0 spiro atoms. The lowest BCUT2D eigenvalue weighted by Gasteiger charge is -2.11. The molecule has 158 valence electrons. The van der Waals surface area contributed by atoms with E-state index < -0.39 is 0 Å². The van der Waals surface area contributed by atoms with Gasteiger partial charge in [-0.3, -0.25) is 9.48 Å². The highest BCUT2D eigenvalue weighted by atomic mass is 16.5. The Balaban J connectivity index is 1.40. The summed E-state index contributed by atoms with van der Waals surface area (Å²) in [5.74, 6) is 0.721. The first-order chi connectivity index (χ1) is 15.2. The van der Waals surface area contributed by atoms with Crippen molar-refractivity contribution in [2.45, 2.75) is 32.4 Å². The predicted molar refractivity (Wildman–Crippen MR) is 115 cm³/mol. The molecule has 31 heavy (non-hydrogen) atoms. The van der Waals surface area contributed by atoms with Crippen LogP contribution < -0.4 is 5.32 Å². The minimum Gasteiger partial charge on any atom is -0.376 e.